The molecule has 1 aromatic rings. The van der Waals surface area contributed by atoms with Gasteiger partial charge < -0.3 is 14.7 Å². The molecule has 1 amide bonds. The van der Waals surface area contributed by atoms with Gasteiger partial charge in [-0.15, -0.1) is 0 Å². The third-order valence-corrected chi connectivity index (χ3v) is 5.20. The molecule has 1 atom stereocenters. The van der Waals surface area contributed by atoms with E-state index < -0.39 is 18.4 Å². The van der Waals surface area contributed by atoms with Crippen molar-refractivity contribution < 1.29 is 13.6 Å². The molecule has 25 heavy (non-hydrogen) atoms. The summed E-state index contributed by atoms with van der Waals surface area (Å²) in [6, 6.07) is 0.436. The molecule has 0 bridgehead atoms. The normalized spacial score (nSPS) is 22.9. The standard InChI is InChI=1S/C17H25F2N5O/c1-11-12(2)20-14(16(25)24-8-6-17(18,19)10-24)21-15(11)23-7-5-13(9-23)22(3)4/h13H,5-10H2,1-4H3/t13-/m1/s1. The third kappa shape index (κ3) is 3.58. The number of hydrogen-bond donors (Lipinski definition) is 0. The largest absolute Gasteiger partial charge is 0.355 e. The van der Waals surface area contributed by atoms with E-state index in [0.717, 1.165) is 35.8 Å². The molecule has 138 valence electrons. The molecule has 0 aromatic carbocycles. The topological polar surface area (TPSA) is 52.6 Å². The van der Waals surface area contributed by atoms with E-state index in [2.05, 4.69) is 33.9 Å². The fraction of sp³-hybridized carbons (Fsp3) is 0.706. The van der Waals surface area contributed by atoms with E-state index in [1.165, 1.54) is 0 Å². The molecule has 3 rings (SSSR count). The van der Waals surface area contributed by atoms with Crippen molar-refractivity contribution in [3.63, 3.8) is 0 Å². The number of aryl methyl sites for hydroxylation is 1. The van der Waals surface area contributed by atoms with E-state index in [1.54, 1.807) is 0 Å². The van der Waals surface area contributed by atoms with Crippen LogP contribution < -0.4 is 4.90 Å². The zero-order valence-corrected chi connectivity index (χ0v) is 15.2. The summed E-state index contributed by atoms with van der Waals surface area (Å²) in [6.45, 7) is 4.95. The summed E-state index contributed by atoms with van der Waals surface area (Å²) in [5, 5.41) is 0. The van der Waals surface area contributed by atoms with Crippen LogP contribution in [0.25, 0.3) is 0 Å². The molecule has 6 nitrogen and oxygen atoms in total. The van der Waals surface area contributed by atoms with E-state index in [9.17, 15) is 13.6 Å². The third-order valence-electron chi connectivity index (χ3n) is 5.20. The fourth-order valence-corrected chi connectivity index (χ4v) is 3.42. The summed E-state index contributed by atoms with van der Waals surface area (Å²) in [6.07, 6.45) is 0.726. The van der Waals surface area contributed by atoms with Gasteiger partial charge in [-0.1, -0.05) is 0 Å². The summed E-state index contributed by atoms with van der Waals surface area (Å²) >= 11 is 0. The first kappa shape index (κ1) is 18.0. The summed E-state index contributed by atoms with van der Waals surface area (Å²) < 4.78 is 26.8. The smallest absolute Gasteiger partial charge is 0.291 e. The van der Waals surface area contributed by atoms with E-state index in [-0.39, 0.29) is 18.8 Å². The number of carbonyl (C=O) groups is 1. The lowest BCUT2D eigenvalue weighted by molar-refractivity contribution is 0.0118. The Labute approximate surface area is 146 Å². The predicted octanol–water partition coefficient (Wildman–Crippen LogP) is 1.71. The van der Waals surface area contributed by atoms with E-state index >= 15 is 0 Å². The van der Waals surface area contributed by atoms with Gasteiger partial charge in [-0.05, 0) is 34.4 Å². The quantitative estimate of drug-likeness (QED) is 0.828. The average molecular weight is 353 g/mol. The van der Waals surface area contributed by atoms with Gasteiger partial charge in [0.25, 0.3) is 11.8 Å². The van der Waals surface area contributed by atoms with Crippen LogP contribution >= 0.6 is 0 Å². The van der Waals surface area contributed by atoms with Crippen molar-refractivity contribution in [2.45, 2.75) is 38.7 Å². The number of aromatic nitrogens is 2. The molecule has 0 saturated carbocycles. The van der Waals surface area contributed by atoms with Gasteiger partial charge in [0.2, 0.25) is 5.82 Å². The molecule has 0 N–H and O–H groups in total. The average Bonchev–Trinajstić information content (AvgIpc) is 3.15. The number of hydrogen-bond acceptors (Lipinski definition) is 5. The molecule has 8 heteroatoms. The van der Waals surface area contributed by atoms with Crippen molar-refractivity contribution in [1.29, 1.82) is 0 Å². The Hall–Kier alpha value is -1.83. The second-order valence-electron chi connectivity index (χ2n) is 7.27. The van der Waals surface area contributed by atoms with Gasteiger partial charge in [-0.3, -0.25) is 4.79 Å². The monoisotopic (exact) mass is 353 g/mol. The highest BCUT2D eigenvalue weighted by molar-refractivity contribution is 5.91. The van der Waals surface area contributed by atoms with Gasteiger partial charge in [0.05, 0.1) is 6.54 Å². The fourth-order valence-electron chi connectivity index (χ4n) is 3.42. The lowest BCUT2D eigenvalue weighted by atomic mass is 10.2. The highest BCUT2D eigenvalue weighted by atomic mass is 19.3. The van der Waals surface area contributed by atoms with Gasteiger partial charge in [0.1, 0.15) is 5.82 Å². The minimum Gasteiger partial charge on any atom is -0.355 e. The lowest BCUT2D eigenvalue weighted by Crippen LogP contribution is -2.34. The number of nitrogens with zero attached hydrogens (tertiary/aromatic N) is 5. The van der Waals surface area contributed by atoms with Crippen LogP contribution in [0.1, 0.15) is 34.7 Å². The number of amides is 1. The van der Waals surface area contributed by atoms with Gasteiger partial charge in [0, 0.05) is 43.4 Å². The zero-order chi connectivity index (χ0) is 18.4. The maximum Gasteiger partial charge on any atom is 0.291 e. The summed E-state index contributed by atoms with van der Waals surface area (Å²) in [4.78, 5) is 26.8. The van der Waals surface area contributed by atoms with Crippen LogP contribution in [0, 0.1) is 13.8 Å². The zero-order valence-electron chi connectivity index (χ0n) is 15.2. The first-order chi connectivity index (χ1) is 11.7. The van der Waals surface area contributed by atoms with Crippen molar-refractivity contribution in [2.24, 2.45) is 0 Å². The Balaban J connectivity index is 1.85. The Bertz CT molecular complexity index is 679. The summed E-state index contributed by atoms with van der Waals surface area (Å²) in [7, 11) is 4.10. The molecular weight excluding hydrogens is 328 g/mol. The van der Waals surface area contributed by atoms with Gasteiger partial charge >= 0.3 is 0 Å². The molecule has 0 aliphatic carbocycles. The maximum atomic E-state index is 13.4. The Kier molecular flexibility index (Phi) is 4.66. The first-order valence-corrected chi connectivity index (χ1v) is 8.61. The molecule has 0 unspecified atom stereocenters. The SMILES string of the molecule is Cc1nc(C(=O)N2CCC(F)(F)C2)nc(N2CC[C@@H](N(C)C)C2)c1C. The van der Waals surface area contributed by atoms with Crippen molar-refractivity contribution in [1.82, 2.24) is 19.8 Å². The maximum absolute atomic E-state index is 13.4. The molecule has 1 aromatic heterocycles. The molecule has 2 aliphatic heterocycles. The Morgan fingerprint density at radius 3 is 2.52 bits per heavy atom. The van der Waals surface area contributed by atoms with Gasteiger partial charge in [-0.2, -0.15) is 0 Å². The minimum absolute atomic E-state index is 0.0177. The van der Waals surface area contributed by atoms with Crippen LogP contribution in [0.4, 0.5) is 14.6 Å². The predicted molar refractivity (Wildman–Crippen MR) is 91.3 cm³/mol. The van der Waals surface area contributed by atoms with E-state index in [1.807, 2.05) is 13.8 Å². The second-order valence-corrected chi connectivity index (χ2v) is 7.27. The van der Waals surface area contributed by atoms with Crippen molar-refractivity contribution in [3.05, 3.63) is 17.1 Å². The number of likely N-dealkylation sites (N-methyl/N-ethyl adjacent to an activating group) is 1. The van der Waals surface area contributed by atoms with Crippen molar-refractivity contribution in [3.8, 4) is 0 Å². The van der Waals surface area contributed by atoms with Crippen LogP contribution in [0.15, 0.2) is 0 Å². The van der Waals surface area contributed by atoms with Crippen molar-refractivity contribution >= 4 is 11.7 Å². The highest BCUT2D eigenvalue weighted by Gasteiger charge is 2.41. The van der Waals surface area contributed by atoms with Crippen LogP contribution in [0.2, 0.25) is 0 Å². The molecule has 3 heterocycles. The number of halogens is 2. The van der Waals surface area contributed by atoms with E-state index in [0.29, 0.717) is 11.7 Å². The van der Waals surface area contributed by atoms with Crippen LogP contribution in [-0.2, 0) is 0 Å². The first-order valence-electron chi connectivity index (χ1n) is 8.61. The molecule has 2 aliphatic rings. The van der Waals surface area contributed by atoms with Crippen LogP contribution in [0.5, 0.6) is 0 Å². The molecule has 2 saturated heterocycles. The highest BCUT2D eigenvalue weighted by Crippen LogP contribution is 2.29. The van der Waals surface area contributed by atoms with Crippen LogP contribution in [0.3, 0.4) is 0 Å². The van der Waals surface area contributed by atoms with Gasteiger partial charge in [0.15, 0.2) is 0 Å². The lowest BCUT2D eigenvalue weighted by Gasteiger charge is -2.24. The summed E-state index contributed by atoms with van der Waals surface area (Å²) in [5.74, 6) is -2.56. The number of rotatable bonds is 3. The molecular formula is C17H25F2N5O. The van der Waals surface area contributed by atoms with Crippen molar-refractivity contribution in [2.75, 3.05) is 45.2 Å². The second kappa shape index (κ2) is 6.48. The number of carbonyl (C=O) groups excluding carboxylic acids is 1. The molecule has 0 radical (unpaired) electrons. The number of anilines is 1. The minimum atomic E-state index is -2.81. The Morgan fingerprint density at radius 2 is 1.96 bits per heavy atom. The molecule has 0 spiro atoms. The number of alkyl halides is 2. The van der Waals surface area contributed by atoms with E-state index in [4.69, 9.17) is 0 Å². The van der Waals surface area contributed by atoms with Gasteiger partial charge in [-0.25, -0.2) is 18.7 Å². The summed E-state index contributed by atoms with van der Waals surface area (Å²) in [5.41, 5.74) is 1.65. The Morgan fingerprint density at radius 1 is 1.24 bits per heavy atom. The number of likely N-dealkylation sites (tertiary alicyclic amines) is 1. The molecule has 2 fully saturated rings. The van der Waals surface area contributed by atoms with Crippen LogP contribution in [-0.4, -0.2) is 77.9 Å².